The van der Waals surface area contributed by atoms with Crippen LogP contribution >= 0.6 is 0 Å². The largest absolute Gasteiger partial charge is 0.427 e. The summed E-state index contributed by atoms with van der Waals surface area (Å²) in [4.78, 5) is 22.5. The van der Waals surface area contributed by atoms with Gasteiger partial charge in [0.1, 0.15) is 11.8 Å². The summed E-state index contributed by atoms with van der Waals surface area (Å²) in [5, 5.41) is 16.7. The third-order valence-electron chi connectivity index (χ3n) is 6.38. The van der Waals surface area contributed by atoms with Crippen LogP contribution < -0.4 is 16.5 Å². The molecule has 1 aliphatic rings. The van der Waals surface area contributed by atoms with Crippen molar-refractivity contribution in [2.45, 2.75) is 19.6 Å². The number of nitrogens with two attached hydrogens (primary N) is 1. The van der Waals surface area contributed by atoms with Gasteiger partial charge in [0.25, 0.3) is 0 Å². The van der Waals surface area contributed by atoms with Crippen LogP contribution in [0.1, 0.15) is 16.8 Å². The van der Waals surface area contributed by atoms with Gasteiger partial charge in [0.2, 0.25) is 0 Å². The number of ether oxygens (including phenoxy) is 1. The molecular formula is C25H25F3N8O3. The van der Waals surface area contributed by atoms with Gasteiger partial charge in [-0.25, -0.2) is 14.3 Å². The Balaban J connectivity index is 1.43. The highest BCUT2D eigenvalue weighted by Crippen LogP contribution is 2.33. The summed E-state index contributed by atoms with van der Waals surface area (Å²) in [6, 6.07) is 7.58. The zero-order valence-corrected chi connectivity index (χ0v) is 20.8. The topological polar surface area (TPSA) is 135 Å². The van der Waals surface area contributed by atoms with Gasteiger partial charge in [-0.15, -0.1) is 0 Å². The van der Waals surface area contributed by atoms with Crippen LogP contribution in [0.25, 0.3) is 16.6 Å². The van der Waals surface area contributed by atoms with Crippen LogP contribution in [0.5, 0.6) is 0 Å². The molecule has 3 aromatic heterocycles. The zero-order chi connectivity index (χ0) is 27.7. The van der Waals surface area contributed by atoms with Crippen molar-refractivity contribution >= 4 is 23.1 Å². The lowest BCUT2D eigenvalue weighted by Gasteiger charge is -2.26. The molecule has 0 unspecified atom stereocenters. The van der Waals surface area contributed by atoms with Crippen LogP contribution in [0, 0.1) is 6.92 Å². The van der Waals surface area contributed by atoms with Gasteiger partial charge in [0.05, 0.1) is 24.5 Å². The summed E-state index contributed by atoms with van der Waals surface area (Å²) in [7, 11) is 0. The summed E-state index contributed by atoms with van der Waals surface area (Å²) < 4.78 is 46.5. The highest BCUT2D eigenvalue weighted by atomic mass is 19.4. The number of carbonyl (C=O) groups excluding carboxylic acids is 1. The van der Waals surface area contributed by atoms with E-state index in [0.717, 1.165) is 36.1 Å². The third-order valence-corrected chi connectivity index (χ3v) is 6.38. The van der Waals surface area contributed by atoms with Gasteiger partial charge in [0, 0.05) is 37.1 Å². The lowest BCUT2D eigenvalue weighted by atomic mass is 10.0. The van der Waals surface area contributed by atoms with E-state index < -0.39 is 23.3 Å². The average Bonchev–Trinajstić information content (AvgIpc) is 3.26. The summed E-state index contributed by atoms with van der Waals surface area (Å²) in [5.41, 5.74) is 8.89. The molecule has 0 bridgehead atoms. The maximum absolute atomic E-state index is 13.0. The number of morpholine rings is 1. The molecule has 4 heterocycles. The van der Waals surface area contributed by atoms with Crippen LogP contribution in [-0.2, 0) is 17.5 Å². The van der Waals surface area contributed by atoms with E-state index in [4.69, 9.17) is 10.5 Å². The molecular weight excluding hydrogens is 517 g/mol. The number of aryl methyl sites for hydroxylation is 1. The molecule has 4 aromatic rings. The number of nitrogens with one attached hydrogen (secondary N) is 1. The highest BCUT2D eigenvalue weighted by molar-refractivity contribution is 5.93. The van der Waals surface area contributed by atoms with Crippen LogP contribution in [0.15, 0.2) is 53.9 Å². The van der Waals surface area contributed by atoms with Crippen LogP contribution in [0.2, 0.25) is 0 Å². The number of aromatic nitrogens is 4. The van der Waals surface area contributed by atoms with Crippen molar-refractivity contribution in [3.63, 3.8) is 0 Å². The lowest BCUT2D eigenvalue weighted by molar-refractivity contribution is -0.137. The minimum Gasteiger partial charge on any atom is -0.427 e. The quantitative estimate of drug-likeness (QED) is 0.337. The van der Waals surface area contributed by atoms with Gasteiger partial charge >= 0.3 is 12.2 Å². The first kappa shape index (κ1) is 26.2. The Hall–Kier alpha value is -4.43. The van der Waals surface area contributed by atoms with Gasteiger partial charge in [-0.2, -0.15) is 28.0 Å². The summed E-state index contributed by atoms with van der Waals surface area (Å²) in [6.07, 6.45) is -2.48. The fourth-order valence-electron chi connectivity index (χ4n) is 4.41. The number of fused-ring (bicyclic) bond motifs is 1. The smallest absolute Gasteiger partial charge is 0.416 e. The summed E-state index contributed by atoms with van der Waals surface area (Å²) >= 11 is 0. The third kappa shape index (κ3) is 5.56. The first-order valence-electron chi connectivity index (χ1n) is 12.0. The molecule has 0 aliphatic carbocycles. The van der Waals surface area contributed by atoms with E-state index in [2.05, 4.69) is 25.3 Å². The van der Waals surface area contributed by atoms with Gasteiger partial charge in [-0.05, 0) is 48.4 Å². The molecule has 1 saturated heterocycles. The molecule has 0 saturated carbocycles. The fraction of sp³-hybridized carbons (Fsp3) is 0.280. The Bertz CT molecular complexity index is 1610. The van der Waals surface area contributed by atoms with E-state index >= 15 is 0 Å². The van der Waals surface area contributed by atoms with E-state index in [1.165, 1.54) is 6.33 Å². The van der Waals surface area contributed by atoms with Crippen LogP contribution in [-0.4, -0.2) is 61.8 Å². The number of amides is 2. The predicted octanol–water partition coefficient (Wildman–Crippen LogP) is 3.31. The maximum atomic E-state index is 13.0. The van der Waals surface area contributed by atoms with E-state index in [9.17, 15) is 23.2 Å². The van der Waals surface area contributed by atoms with Crippen molar-refractivity contribution in [2.75, 3.05) is 37.4 Å². The minimum absolute atomic E-state index is 0.320. The molecule has 39 heavy (non-hydrogen) atoms. The zero-order valence-electron chi connectivity index (χ0n) is 20.8. The number of urea groups is 1. The van der Waals surface area contributed by atoms with Crippen molar-refractivity contribution in [2.24, 2.45) is 4.99 Å². The number of hydrogen-bond donors (Lipinski definition) is 3. The minimum atomic E-state index is -4.65. The summed E-state index contributed by atoms with van der Waals surface area (Å²) in [5.74, 6) is 0.320. The second-order valence-corrected chi connectivity index (χ2v) is 9.03. The average molecular weight is 543 g/mol. The van der Waals surface area contributed by atoms with Crippen molar-refractivity contribution < 1.29 is 27.9 Å². The monoisotopic (exact) mass is 542 g/mol. The first-order chi connectivity index (χ1) is 18.6. The number of nitrogen functional groups attached to an aromatic ring is 1. The first-order valence-corrected chi connectivity index (χ1v) is 12.0. The number of benzene rings is 1. The van der Waals surface area contributed by atoms with Gasteiger partial charge in [-0.3, -0.25) is 4.90 Å². The number of nitrogens with zero attached hydrogens (tertiary/aromatic N) is 6. The maximum Gasteiger partial charge on any atom is 0.416 e. The Labute approximate surface area is 219 Å². The van der Waals surface area contributed by atoms with Gasteiger partial charge in [0.15, 0.2) is 11.3 Å². The fourth-order valence-corrected chi connectivity index (χ4v) is 4.41. The number of alkyl halides is 3. The number of carbonyl (C=O) groups is 1. The lowest BCUT2D eigenvalue weighted by Crippen LogP contribution is -2.36. The van der Waals surface area contributed by atoms with Crippen molar-refractivity contribution in [1.82, 2.24) is 24.2 Å². The van der Waals surface area contributed by atoms with Gasteiger partial charge < -0.3 is 21.0 Å². The Morgan fingerprint density at radius 3 is 2.69 bits per heavy atom. The van der Waals surface area contributed by atoms with Crippen molar-refractivity contribution in [3.05, 3.63) is 71.2 Å². The van der Waals surface area contributed by atoms with E-state index in [1.54, 1.807) is 23.6 Å². The molecule has 11 nitrogen and oxygen atoms in total. The SMILES string of the molecule is Cc1cc(-c2cc(CN3CCOCC3)n3ncnc(N)c23)ccc1NC(=O)N=c1cc(C(F)(F)F)ccn1O. The number of hydrogen-bond acceptors (Lipinski definition) is 7. The van der Waals surface area contributed by atoms with E-state index in [0.29, 0.717) is 59.2 Å². The molecule has 4 N–H and O–H groups in total. The Kier molecular flexibility index (Phi) is 6.97. The number of anilines is 2. The molecule has 0 spiro atoms. The highest BCUT2D eigenvalue weighted by Gasteiger charge is 2.30. The van der Waals surface area contributed by atoms with Crippen LogP contribution in [0.3, 0.4) is 0 Å². The number of rotatable bonds is 4. The normalized spacial score (nSPS) is 15.1. The Morgan fingerprint density at radius 1 is 1.21 bits per heavy atom. The second kappa shape index (κ2) is 10.4. The standard InChI is InChI=1S/C25H25F3N8O3/c1-15-10-16(2-3-20(15)32-24(37)33-21-11-17(25(26,27)28)4-5-35(21)38)19-12-18(13-34-6-8-39-9-7-34)36-22(19)23(29)30-14-31-36/h2-5,10-12,14,38H,6-9,13H2,1H3,(H,32,37)(H2,29,30,31). The van der Waals surface area contributed by atoms with Crippen LogP contribution in [0.4, 0.5) is 29.5 Å². The van der Waals surface area contributed by atoms with E-state index in [-0.39, 0.29) is 0 Å². The predicted molar refractivity (Wildman–Crippen MR) is 135 cm³/mol. The number of pyridine rings is 1. The van der Waals surface area contributed by atoms with Crippen molar-refractivity contribution in [1.29, 1.82) is 0 Å². The molecule has 1 fully saturated rings. The molecule has 2 amide bonds. The van der Waals surface area contributed by atoms with E-state index in [1.807, 2.05) is 12.1 Å². The molecule has 14 heteroatoms. The van der Waals surface area contributed by atoms with Gasteiger partial charge in [-0.1, -0.05) is 6.07 Å². The second-order valence-electron chi connectivity index (χ2n) is 9.03. The molecule has 1 aromatic carbocycles. The molecule has 204 valence electrons. The Morgan fingerprint density at radius 2 is 1.97 bits per heavy atom. The summed E-state index contributed by atoms with van der Waals surface area (Å²) in [6.45, 7) is 5.35. The molecule has 5 rings (SSSR count). The molecule has 0 atom stereocenters. The molecule has 0 radical (unpaired) electrons. The molecule has 1 aliphatic heterocycles. The number of halogens is 3. The van der Waals surface area contributed by atoms with Crippen molar-refractivity contribution in [3.8, 4) is 11.1 Å².